The smallest absolute Gasteiger partial charge is 0.335 e. The lowest BCUT2D eigenvalue weighted by Gasteiger charge is -2.38. The number of hydrogen-bond acceptors (Lipinski definition) is 4. The van der Waals surface area contributed by atoms with Crippen LogP contribution in [-0.4, -0.2) is 59.3 Å². The molecule has 2 N–H and O–H groups in total. The van der Waals surface area contributed by atoms with E-state index in [9.17, 15) is 9.59 Å². The van der Waals surface area contributed by atoms with E-state index in [1.807, 2.05) is 4.90 Å². The predicted molar refractivity (Wildman–Crippen MR) is 96.3 cm³/mol. The first-order valence-corrected chi connectivity index (χ1v) is 9.48. The third-order valence-electron chi connectivity index (χ3n) is 6.11. The molecule has 0 bridgehead atoms. The minimum atomic E-state index is -0.981. The molecule has 2 heterocycles. The number of piperidine rings is 1. The molecule has 2 saturated heterocycles. The van der Waals surface area contributed by atoms with Gasteiger partial charge in [0.05, 0.1) is 17.8 Å². The topological polar surface area (TPSA) is 78.9 Å². The van der Waals surface area contributed by atoms with Crippen molar-refractivity contribution in [2.45, 2.75) is 50.3 Å². The Morgan fingerprint density at radius 1 is 1.19 bits per heavy atom. The number of rotatable bonds is 4. The number of amides is 1. The van der Waals surface area contributed by atoms with Gasteiger partial charge in [0, 0.05) is 30.7 Å². The lowest BCUT2D eigenvalue weighted by atomic mass is 9.87. The van der Waals surface area contributed by atoms with Crippen LogP contribution >= 0.6 is 0 Å². The molecule has 1 unspecified atom stereocenters. The number of likely N-dealkylation sites (tertiary alicyclic amines) is 1. The van der Waals surface area contributed by atoms with Crippen LogP contribution < -0.4 is 5.32 Å². The van der Waals surface area contributed by atoms with E-state index in [0.29, 0.717) is 30.7 Å². The zero-order valence-corrected chi connectivity index (χ0v) is 15.1. The van der Waals surface area contributed by atoms with Crippen molar-refractivity contribution in [3.63, 3.8) is 0 Å². The molecule has 1 amide bonds. The van der Waals surface area contributed by atoms with E-state index in [1.54, 1.807) is 12.1 Å². The predicted octanol–water partition coefficient (Wildman–Crippen LogP) is 2.15. The second-order valence-electron chi connectivity index (χ2n) is 8.06. The number of carboxylic acids is 1. The van der Waals surface area contributed by atoms with Crippen LogP contribution in [0.25, 0.3) is 0 Å². The van der Waals surface area contributed by atoms with E-state index < -0.39 is 5.97 Å². The minimum Gasteiger partial charge on any atom is -0.478 e. The van der Waals surface area contributed by atoms with E-state index in [-0.39, 0.29) is 17.1 Å². The number of carbonyl (C=O) groups excluding carboxylic acids is 1. The highest BCUT2D eigenvalue weighted by Gasteiger charge is 2.45. The second kappa shape index (κ2) is 6.67. The third kappa shape index (κ3) is 3.48. The molecule has 6 nitrogen and oxygen atoms in total. The van der Waals surface area contributed by atoms with Crippen LogP contribution in [0.5, 0.6) is 0 Å². The molecule has 0 radical (unpaired) electrons. The molecule has 3 fully saturated rings. The monoisotopic (exact) mass is 358 g/mol. The summed E-state index contributed by atoms with van der Waals surface area (Å²) in [4.78, 5) is 25.4. The summed E-state index contributed by atoms with van der Waals surface area (Å²) >= 11 is 0. The van der Waals surface area contributed by atoms with Crippen molar-refractivity contribution < 1.29 is 19.4 Å². The molecule has 1 saturated carbocycles. The van der Waals surface area contributed by atoms with Gasteiger partial charge in [-0.05, 0) is 55.9 Å². The van der Waals surface area contributed by atoms with Gasteiger partial charge in [-0.2, -0.15) is 0 Å². The van der Waals surface area contributed by atoms with E-state index >= 15 is 0 Å². The zero-order chi connectivity index (χ0) is 18.3. The van der Waals surface area contributed by atoms with E-state index in [0.717, 1.165) is 31.8 Å². The summed E-state index contributed by atoms with van der Waals surface area (Å²) in [5.74, 6) is -0.221. The molecule has 26 heavy (non-hydrogen) atoms. The van der Waals surface area contributed by atoms with Gasteiger partial charge in [0.1, 0.15) is 0 Å². The summed E-state index contributed by atoms with van der Waals surface area (Å²) in [7, 11) is 0. The molecule has 2 aliphatic heterocycles. The van der Waals surface area contributed by atoms with Crippen molar-refractivity contribution in [3.8, 4) is 0 Å². The Hall–Kier alpha value is -1.92. The summed E-state index contributed by atoms with van der Waals surface area (Å²) in [5, 5.41) is 12.7. The van der Waals surface area contributed by atoms with Gasteiger partial charge >= 0.3 is 5.97 Å². The Morgan fingerprint density at radius 3 is 2.38 bits per heavy atom. The molecule has 1 spiro atoms. The highest BCUT2D eigenvalue weighted by molar-refractivity contribution is 5.96. The average Bonchev–Trinajstić information content (AvgIpc) is 3.19. The van der Waals surface area contributed by atoms with Gasteiger partial charge in [0.15, 0.2) is 0 Å². The van der Waals surface area contributed by atoms with Gasteiger partial charge in [-0.25, -0.2) is 4.79 Å². The molecule has 6 heteroatoms. The van der Waals surface area contributed by atoms with Crippen LogP contribution in [-0.2, 0) is 4.74 Å². The van der Waals surface area contributed by atoms with Crippen molar-refractivity contribution in [2.24, 2.45) is 5.92 Å². The Balaban J connectivity index is 1.31. The standard InChI is InChI=1S/C20H26N2O4/c1-13-10-17(13)21-16-11-20(26-12-16)6-8-22(9-7-20)18(23)14-2-4-15(5-3-14)19(24)25/h2-5,13,16-17,21H,6-12H2,1H3,(H,24,25)/t13-,16?,17-/m1/s1. The van der Waals surface area contributed by atoms with Crippen LogP contribution in [0.1, 0.15) is 53.3 Å². The number of benzene rings is 1. The first-order chi connectivity index (χ1) is 12.5. The Morgan fingerprint density at radius 2 is 1.81 bits per heavy atom. The van der Waals surface area contributed by atoms with Crippen molar-refractivity contribution >= 4 is 11.9 Å². The van der Waals surface area contributed by atoms with Crippen molar-refractivity contribution in [2.75, 3.05) is 19.7 Å². The molecule has 1 aliphatic carbocycles. The molecular weight excluding hydrogens is 332 g/mol. The number of ether oxygens (including phenoxy) is 1. The van der Waals surface area contributed by atoms with Gasteiger partial charge in [0.25, 0.3) is 5.91 Å². The number of nitrogens with one attached hydrogen (secondary N) is 1. The van der Waals surface area contributed by atoms with E-state index in [2.05, 4.69) is 12.2 Å². The molecule has 4 rings (SSSR count). The molecule has 140 valence electrons. The first-order valence-electron chi connectivity index (χ1n) is 9.48. The lowest BCUT2D eigenvalue weighted by Crippen LogP contribution is -2.47. The maximum atomic E-state index is 12.7. The van der Waals surface area contributed by atoms with Crippen molar-refractivity contribution in [1.29, 1.82) is 0 Å². The molecular formula is C20H26N2O4. The highest BCUT2D eigenvalue weighted by Crippen LogP contribution is 2.38. The highest BCUT2D eigenvalue weighted by atomic mass is 16.5. The zero-order valence-electron chi connectivity index (χ0n) is 15.1. The van der Waals surface area contributed by atoms with Crippen molar-refractivity contribution in [1.82, 2.24) is 10.2 Å². The Kier molecular flexibility index (Phi) is 4.49. The Labute approximate surface area is 153 Å². The summed E-state index contributed by atoms with van der Waals surface area (Å²) in [6, 6.07) is 7.26. The van der Waals surface area contributed by atoms with E-state index in [4.69, 9.17) is 9.84 Å². The summed E-state index contributed by atoms with van der Waals surface area (Å²) in [5.41, 5.74) is 0.655. The quantitative estimate of drug-likeness (QED) is 0.862. The lowest BCUT2D eigenvalue weighted by molar-refractivity contribution is -0.0389. The number of hydrogen-bond donors (Lipinski definition) is 2. The minimum absolute atomic E-state index is 0.0312. The van der Waals surface area contributed by atoms with Crippen LogP contribution in [0.4, 0.5) is 0 Å². The normalized spacial score (nSPS) is 29.7. The second-order valence-corrected chi connectivity index (χ2v) is 8.06. The number of aromatic carboxylic acids is 1. The molecule has 3 aliphatic rings. The first kappa shape index (κ1) is 17.5. The third-order valence-corrected chi connectivity index (χ3v) is 6.11. The van der Waals surface area contributed by atoms with Crippen LogP contribution in [0.15, 0.2) is 24.3 Å². The molecule has 3 atom stereocenters. The maximum absolute atomic E-state index is 12.7. The van der Waals surface area contributed by atoms with Crippen molar-refractivity contribution in [3.05, 3.63) is 35.4 Å². The fourth-order valence-corrected chi connectivity index (χ4v) is 4.21. The van der Waals surface area contributed by atoms with Gasteiger partial charge < -0.3 is 20.1 Å². The van der Waals surface area contributed by atoms with Gasteiger partial charge in [0.2, 0.25) is 0 Å². The van der Waals surface area contributed by atoms with Gasteiger partial charge in [-0.15, -0.1) is 0 Å². The summed E-state index contributed by atoms with van der Waals surface area (Å²) < 4.78 is 6.17. The average molecular weight is 358 g/mol. The number of carbonyl (C=O) groups is 2. The largest absolute Gasteiger partial charge is 0.478 e. The van der Waals surface area contributed by atoms with Gasteiger partial charge in [-0.1, -0.05) is 6.92 Å². The fraction of sp³-hybridized carbons (Fsp3) is 0.600. The van der Waals surface area contributed by atoms with Gasteiger partial charge in [-0.3, -0.25) is 4.79 Å². The molecule has 1 aromatic carbocycles. The summed E-state index contributed by atoms with van der Waals surface area (Å²) in [6.07, 6.45) is 4.03. The molecule has 0 aromatic heterocycles. The fourth-order valence-electron chi connectivity index (χ4n) is 4.21. The summed E-state index contributed by atoms with van der Waals surface area (Å²) in [6.45, 7) is 4.42. The number of carboxylic acid groups (broad SMARTS) is 1. The maximum Gasteiger partial charge on any atom is 0.335 e. The van der Waals surface area contributed by atoms with Crippen LogP contribution in [0.2, 0.25) is 0 Å². The number of nitrogens with zero attached hydrogens (tertiary/aromatic N) is 1. The van der Waals surface area contributed by atoms with E-state index in [1.165, 1.54) is 18.6 Å². The Bertz CT molecular complexity index is 694. The SMILES string of the molecule is C[C@@H]1C[C@H]1NC1COC2(CCN(C(=O)c3ccc(C(=O)O)cc3)CC2)C1. The van der Waals surface area contributed by atoms with Crippen LogP contribution in [0.3, 0.4) is 0 Å². The van der Waals surface area contributed by atoms with Crippen LogP contribution in [0, 0.1) is 5.92 Å². The molecule has 1 aromatic rings.